The summed E-state index contributed by atoms with van der Waals surface area (Å²) in [5.41, 5.74) is 2.25. The van der Waals surface area contributed by atoms with Crippen LogP contribution < -0.4 is 9.47 Å². The van der Waals surface area contributed by atoms with Crippen LogP contribution in [0.15, 0.2) is 52.1 Å². The lowest BCUT2D eigenvalue weighted by atomic mass is 10.1. The van der Waals surface area contributed by atoms with E-state index in [-0.39, 0.29) is 0 Å². The molecule has 0 aliphatic rings. The fraction of sp³-hybridized carbons (Fsp3) is 0.188. The van der Waals surface area contributed by atoms with Crippen molar-refractivity contribution in [2.75, 3.05) is 7.11 Å². The molecule has 21 heavy (non-hydrogen) atoms. The second kappa shape index (κ2) is 7.13. The Balaban J connectivity index is 2.27. The minimum Gasteiger partial charge on any atom is -0.497 e. The number of rotatable bonds is 5. The summed E-state index contributed by atoms with van der Waals surface area (Å²) in [6.45, 7) is 2.12. The first kappa shape index (κ1) is 15.4. The summed E-state index contributed by atoms with van der Waals surface area (Å²) in [5, 5.41) is 12.2. The van der Waals surface area contributed by atoms with E-state index in [1.165, 1.54) is 0 Å². The average molecular weight is 350 g/mol. The Morgan fingerprint density at radius 2 is 2.00 bits per heavy atom. The molecule has 5 heteroatoms. The molecule has 2 aromatic carbocycles. The Labute approximate surface area is 132 Å². The highest BCUT2D eigenvalue weighted by Crippen LogP contribution is 2.27. The highest BCUT2D eigenvalue weighted by molar-refractivity contribution is 9.10. The normalized spacial score (nSPS) is 11.3. The van der Waals surface area contributed by atoms with Crippen LogP contribution in [0.25, 0.3) is 0 Å². The zero-order chi connectivity index (χ0) is 15.2. The monoisotopic (exact) mass is 349 g/mol. The molecule has 2 aromatic rings. The average Bonchev–Trinajstić information content (AvgIpc) is 2.53. The molecular formula is C16H16BrNO3. The fourth-order valence-electron chi connectivity index (χ4n) is 1.87. The molecule has 0 unspecified atom stereocenters. The molecule has 0 saturated carbocycles. The Morgan fingerprint density at radius 1 is 1.24 bits per heavy atom. The van der Waals surface area contributed by atoms with Gasteiger partial charge in [-0.3, -0.25) is 0 Å². The van der Waals surface area contributed by atoms with E-state index in [2.05, 4.69) is 21.1 Å². The van der Waals surface area contributed by atoms with Gasteiger partial charge in [0.05, 0.1) is 12.8 Å². The first-order chi connectivity index (χ1) is 10.2. The number of nitrogens with zero attached hydrogens (tertiary/aromatic N) is 1. The zero-order valence-electron chi connectivity index (χ0n) is 11.8. The minimum absolute atomic E-state index is 0.403. The van der Waals surface area contributed by atoms with Crippen molar-refractivity contribution < 1.29 is 14.7 Å². The third-order valence-corrected chi connectivity index (χ3v) is 3.84. The molecule has 1 N–H and O–H groups in total. The van der Waals surface area contributed by atoms with Crippen LogP contribution in [0.1, 0.15) is 18.1 Å². The molecular weight excluding hydrogens is 334 g/mol. The molecule has 4 nitrogen and oxygen atoms in total. The van der Waals surface area contributed by atoms with Crippen molar-refractivity contribution >= 4 is 21.6 Å². The first-order valence-electron chi connectivity index (χ1n) is 6.39. The smallest absolute Gasteiger partial charge is 0.132 e. The van der Waals surface area contributed by atoms with Crippen LogP contribution in [0.4, 0.5) is 0 Å². The molecule has 0 radical (unpaired) electrons. The predicted octanol–water partition coefficient (Wildman–Crippen LogP) is 4.23. The van der Waals surface area contributed by atoms with Gasteiger partial charge in [0.25, 0.3) is 0 Å². The summed E-state index contributed by atoms with van der Waals surface area (Å²) >= 11 is 3.49. The number of hydrogen-bond donors (Lipinski definition) is 1. The van der Waals surface area contributed by atoms with Crippen LogP contribution in [0.2, 0.25) is 0 Å². The van der Waals surface area contributed by atoms with Crippen LogP contribution in [0, 0.1) is 0 Å². The van der Waals surface area contributed by atoms with E-state index in [9.17, 15) is 0 Å². The van der Waals surface area contributed by atoms with Gasteiger partial charge in [0.1, 0.15) is 18.1 Å². The summed E-state index contributed by atoms with van der Waals surface area (Å²) in [7, 11) is 1.60. The zero-order valence-corrected chi connectivity index (χ0v) is 13.4. The Kier molecular flexibility index (Phi) is 5.22. The summed E-state index contributed by atoms with van der Waals surface area (Å²) in [6.07, 6.45) is 0. The number of benzene rings is 2. The number of oxime groups is 1. The quantitative estimate of drug-likeness (QED) is 0.499. The summed E-state index contributed by atoms with van der Waals surface area (Å²) in [5.74, 6) is 1.30. The summed E-state index contributed by atoms with van der Waals surface area (Å²) in [6, 6.07) is 13.2. The van der Waals surface area contributed by atoms with Crippen molar-refractivity contribution in [1.29, 1.82) is 0 Å². The number of halogens is 1. The Bertz CT molecular complexity index is 656. The van der Waals surface area contributed by atoms with Crippen molar-refractivity contribution in [3.05, 3.63) is 58.1 Å². The lowest BCUT2D eigenvalue weighted by Gasteiger charge is -2.13. The summed E-state index contributed by atoms with van der Waals surface area (Å²) in [4.78, 5) is 0. The SMILES string of the molecule is COc1ccc(/C(C)=N/O)c(OCc2ccccc2Br)c1. The van der Waals surface area contributed by atoms with E-state index in [4.69, 9.17) is 14.7 Å². The molecule has 0 saturated heterocycles. The van der Waals surface area contributed by atoms with Gasteiger partial charge in [0.15, 0.2) is 0 Å². The standard InChI is InChI=1S/C16H16BrNO3/c1-11(18-19)14-8-7-13(20-2)9-16(14)21-10-12-5-3-4-6-15(12)17/h3-9,19H,10H2,1-2H3/b18-11+. The maximum Gasteiger partial charge on any atom is 0.132 e. The van der Waals surface area contributed by atoms with Gasteiger partial charge < -0.3 is 14.7 Å². The lowest BCUT2D eigenvalue weighted by Crippen LogP contribution is -2.03. The van der Waals surface area contributed by atoms with Gasteiger partial charge in [-0.2, -0.15) is 0 Å². The predicted molar refractivity (Wildman–Crippen MR) is 85.5 cm³/mol. The Hall–Kier alpha value is -2.01. The van der Waals surface area contributed by atoms with Gasteiger partial charge in [-0.05, 0) is 25.1 Å². The van der Waals surface area contributed by atoms with Crippen LogP contribution in [-0.2, 0) is 6.61 Å². The maximum atomic E-state index is 8.96. The van der Waals surface area contributed by atoms with Gasteiger partial charge in [-0.25, -0.2) is 0 Å². The topological polar surface area (TPSA) is 51.0 Å². The maximum absolute atomic E-state index is 8.96. The highest BCUT2D eigenvalue weighted by atomic mass is 79.9. The number of hydrogen-bond acceptors (Lipinski definition) is 4. The van der Waals surface area contributed by atoms with Crippen molar-refractivity contribution in [3.63, 3.8) is 0 Å². The van der Waals surface area contributed by atoms with Crippen molar-refractivity contribution in [2.45, 2.75) is 13.5 Å². The van der Waals surface area contributed by atoms with Gasteiger partial charge in [0, 0.05) is 21.7 Å². The first-order valence-corrected chi connectivity index (χ1v) is 7.18. The molecule has 0 aromatic heterocycles. The molecule has 110 valence electrons. The fourth-order valence-corrected chi connectivity index (χ4v) is 2.27. The molecule has 0 spiro atoms. The van der Waals surface area contributed by atoms with E-state index >= 15 is 0 Å². The third-order valence-electron chi connectivity index (χ3n) is 3.07. The molecule has 0 atom stereocenters. The number of methoxy groups -OCH3 is 1. The van der Waals surface area contributed by atoms with E-state index < -0.39 is 0 Å². The van der Waals surface area contributed by atoms with Crippen LogP contribution in [0.5, 0.6) is 11.5 Å². The second-order valence-electron chi connectivity index (χ2n) is 4.43. The van der Waals surface area contributed by atoms with Crippen molar-refractivity contribution in [3.8, 4) is 11.5 Å². The highest BCUT2D eigenvalue weighted by Gasteiger charge is 2.10. The molecule has 0 bridgehead atoms. The second-order valence-corrected chi connectivity index (χ2v) is 5.28. The van der Waals surface area contributed by atoms with Gasteiger partial charge in [0.2, 0.25) is 0 Å². The van der Waals surface area contributed by atoms with Crippen molar-refractivity contribution in [1.82, 2.24) is 0 Å². The van der Waals surface area contributed by atoms with E-state index in [0.717, 1.165) is 15.6 Å². The van der Waals surface area contributed by atoms with Crippen molar-refractivity contribution in [2.24, 2.45) is 5.16 Å². The van der Waals surface area contributed by atoms with Crippen LogP contribution in [0.3, 0.4) is 0 Å². The van der Waals surface area contributed by atoms with Gasteiger partial charge in [-0.15, -0.1) is 0 Å². The Morgan fingerprint density at radius 3 is 2.67 bits per heavy atom. The molecule has 2 rings (SSSR count). The number of ether oxygens (including phenoxy) is 2. The van der Waals surface area contributed by atoms with Gasteiger partial charge in [-0.1, -0.05) is 39.3 Å². The largest absolute Gasteiger partial charge is 0.497 e. The van der Waals surface area contributed by atoms with E-state index in [0.29, 0.717) is 23.8 Å². The van der Waals surface area contributed by atoms with Crippen LogP contribution >= 0.6 is 15.9 Å². The molecule has 0 heterocycles. The van der Waals surface area contributed by atoms with Crippen LogP contribution in [-0.4, -0.2) is 18.0 Å². The molecule has 0 aliphatic heterocycles. The molecule has 0 fully saturated rings. The molecule has 0 amide bonds. The molecule has 0 aliphatic carbocycles. The minimum atomic E-state index is 0.403. The summed E-state index contributed by atoms with van der Waals surface area (Å²) < 4.78 is 12.1. The van der Waals surface area contributed by atoms with E-state index in [1.807, 2.05) is 30.3 Å². The lowest BCUT2D eigenvalue weighted by molar-refractivity contribution is 0.300. The van der Waals surface area contributed by atoms with Gasteiger partial charge >= 0.3 is 0 Å². The third kappa shape index (κ3) is 3.76. The van der Waals surface area contributed by atoms with E-state index in [1.54, 1.807) is 26.2 Å².